The molecule has 1 saturated heterocycles. The number of allylic oxidation sites excluding steroid dienone is 3. The molecule has 0 radical (unpaired) electrons. The Hall–Kier alpha value is 0.140. The lowest BCUT2D eigenvalue weighted by Crippen LogP contribution is -1.67. The molecular formula is C7H7ClOS2. The second-order valence-corrected chi connectivity index (χ2v) is 4.82. The van der Waals surface area contributed by atoms with E-state index in [2.05, 4.69) is 0 Å². The Morgan fingerprint density at radius 1 is 1.45 bits per heavy atom. The average molecular weight is 207 g/mol. The largest absolute Gasteiger partial charge is 0.299 e. The van der Waals surface area contributed by atoms with E-state index in [0.717, 1.165) is 11.5 Å². The Morgan fingerprint density at radius 2 is 2.09 bits per heavy atom. The van der Waals surface area contributed by atoms with Gasteiger partial charge in [0.1, 0.15) is 6.29 Å². The fraction of sp³-hybridized carbons (Fsp3) is 0.286. The van der Waals surface area contributed by atoms with E-state index in [1.165, 1.54) is 10.3 Å². The second-order valence-electron chi connectivity index (χ2n) is 1.85. The van der Waals surface area contributed by atoms with E-state index in [0.29, 0.717) is 11.3 Å². The van der Waals surface area contributed by atoms with Crippen molar-refractivity contribution in [2.24, 2.45) is 0 Å². The molecule has 1 heterocycles. The van der Waals surface area contributed by atoms with E-state index >= 15 is 0 Å². The average Bonchev–Trinajstić information content (AvgIpc) is 2.40. The van der Waals surface area contributed by atoms with Crippen LogP contribution in [0.25, 0.3) is 0 Å². The first kappa shape index (κ1) is 9.23. The Bertz CT molecular complexity index is 202. The highest BCUT2D eigenvalue weighted by molar-refractivity contribution is 8.25. The first-order valence-electron chi connectivity index (χ1n) is 3.11. The molecule has 4 heteroatoms. The fourth-order valence-electron chi connectivity index (χ4n) is 0.635. The Kier molecular flexibility index (Phi) is 4.12. The van der Waals surface area contributed by atoms with Crippen LogP contribution in [0.4, 0.5) is 0 Å². The number of thioether (sulfide) groups is 2. The molecule has 1 nitrogen and oxygen atoms in total. The zero-order valence-corrected chi connectivity index (χ0v) is 8.14. The molecule has 60 valence electrons. The van der Waals surface area contributed by atoms with Gasteiger partial charge in [-0.05, 0) is 12.2 Å². The lowest BCUT2D eigenvalue weighted by Gasteiger charge is -1.90. The van der Waals surface area contributed by atoms with Crippen LogP contribution in [0.2, 0.25) is 0 Å². The number of aldehydes is 1. The summed E-state index contributed by atoms with van der Waals surface area (Å²) in [5.41, 5.74) is 0. The van der Waals surface area contributed by atoms with Crippen LogP contribution in [0.3, 0.4) is 0 Å². The summed E-state index contributed by atoms with van der Waals surface area (Å²) in [6, 6.07) is 0. The Morgan fingerprint density at radius 3 is 2.64 bits per heavy atom. The highest BCUT2D eigenvalue weighted by Crippen LogP contribution is 2.37. The van der Waals surface area contributed by atoms with Crippen LogP contribution < -0.4 is 0 Å². The minimum absolute atomic E-state index is 0.511. The summed E-state index contributed by atoms with van der Waals surface area (Å²) >= 11 is 9.25. The van der Waals surface area contributed by atoms with Crippen LogP contribution in [0.15, 0.2) is 21.4 Å². The summed E-state index contributed by atoms with van der Waals surface area (Å²) in [6.07, 6.45) is 3.88. The van der Waals surface area contributed by atoms with Crippen LogP contribution in [-0.4, -0.2) is 17.8 Å². The molecule has 0 aromatic carbocycles. The number of carbonyl (C=O) groups is 1. The fourth-order valence-corrected chi connectivity index (χ4v) is 3.25. The van der Waals surface area contributed by atoms with Gasteiger partial charge in [0, 0.05) is 20.8 Å². The lowest BCUT2D eigenvalue weighted by molar-refractivity contribution is -0.104. The highest BCUT2D eigenvalue weighted by Gasteiger charge is 2.07. The van der Waals surface area contributed by atoms with Crippen molar-refractivity contribution in [2.75, 3.05) is 11.5 Å². The minimum Gasteiger partial charge on any atom is -0.299 e. The van der Waals surface area contributed by atoms with Gasteiger partial charge in [-0.15, -0.1) is 23.5 Å². The zero-order chi connectivity index (χ0) is 8.10. The summed E-state index contributed by atoms with van der Waals surface area (Å²) in [5, 5.41) is 0.511. The van der Waals surface area contributed by atoms with Crippen molar-refractivity contribution in [3.63, 3.8) is 0 Å². The topological polar surface area (TPSA) is 17.1 Å². The van der Waals surface area contributed by atoms with E-state index in [1.54, 1.807) is 23.5 Å². The molecule has 0 spiro atoms. The molecule has 0 aromatic rings. The maximum absolute atomic E-state index is 9.99. The van der Waals surface area contributed by atoms with Crippen LogP contribution in [-0.2, 0) is 4.79 Å². The van der Waals surface area contributed by atoms with Crippen molar-refractivity contribution in [3.8, 4) is 0 Å². The molecule has 1 fully saturated rings. The Balaban J connectivity index is 2.55. The van der Waals surface area contributed by atoms with Gasteiger partial charge in [-0.25, -0.2) is 0 Å². The number of halogens is 1. The van der Waals surface area contributed by atoms with Gasteiger partial charge in [0.15, 0.2) is 0 Å². The molecule has 0 aromatic heterocycles. The molecule has 1 aliphatic rings. The number of carbonyl (C=O) groups excluding carboxylic acids is 1. The first-order valence-corrected chi connectivity index (χ1v) is 5.46. The quantitative estimate of drug-likeness (QED) is 0.511. The van der Waals surface area contributed by atoms with E-state index < -0.39 is 0 Å². The van der Waals surface area contributed by atoms with Gasteiger partial charge in [0.2, 0.25) is 0 Å². The summed E-state index contributed by atoms with van der Waals surface area (Å²) in [7, 11) is 0. The summed E-state index contributed by atoms with van der Waals surface area (Å²) in [6.45, 7) is 0. The molecule has 11 heavy (non-hydrogen) atoms. The highest BCUT2D eigenvalue weighted by atomic mass is 35.5. The third kappa shape index (κ3) is 3.36. The van der Waals surface area contributed by atoms with Gasteiger partial charge in [0.05, 0.1) is 0 Å². The lowest BCUT2D eigenvalue weighted by atomic mass is 10.5. The molecule has 0 aliphatic carbocycles. The van der Waals surface area contributed by atoms with Gasteiger partial charge in [-0.1, -0.05) is 11.6 Å². The minimum atomic E-state index is 0.511. The predicted molar refractivity (Wildman–Crippen MR) is 53.0 cm³/mol. The number of hydrogen-bond donors (Lipinski definition) is 0. The number of rotatable bonds is 2. The van der Waals surface area contributed by atoms with Crippen molar-refractivity contribution in [1.29, 1.82) is 0 Å². The predicted octanol–water partition coefficient (Wildman–Crippen LogP) is 2.63. The van der Waals surface area contributed by atoms with Crippen LogP contribution in [0, 0.1) is 0 Å². The standard InChI is InChI=1S/C7H7ClOS2/c8-6(1-2-9)5-7-10-3-4-11-7/h1-2,5H,3-4H2/b6-1-. The molecule has 0 atom stereocenters. The van der Waals surface area contributed by atoms with Gasteiger partial charge in [-0.2, -0.15) is 0 Å². The van der Waals surface area contributed by atoms with E-state index in [1.807, 2.05) is 6.08 Å². The molecule has 1 aliphatic heterocycles. The number of hydrogen-bond acceptors (Lipinski definition) is 3. The molecule has 0 N–H and O–H groups in total. The molecule has 0 amide bonds. The maximum Gasteiger partial charge on any atom is 0.144 e. The van der Waals surface area contributed by atoms with Crippen molar-refractivity contribution in [2.45, 2.75) is 0 Å². The second kappa shape index (κ2) is 4.91. The third-order valence-corrected chi connectivity index (χ3v) is 3.88. The monoisotopic (exact) mass is 206 g/mol. The smallest absolute Gasteiger partial charge is 0.144 e. The molecule has 1 rings (SSSR count). The summed E-state index contributed by atoms with van der Waals surface area (Å²) < 4.78 is 1.20. The normalized spacial score (nSPS) is 18.6. The Labute approximate surface area is 79.3 Å². The van der Waals surface area contributed by atoms with Gasteiger partial charge >= 0.3 is 0 Å². The SMILES string of the molecule is O=C/C=C(\Cl)C=C1SCCS1. The van der Waals surface area contributed by atoms with Crippen molar-refractivity contribution >= 4 is 41.4 Å². The van der Waals surface area contributed by atoms with Crippen LogP contribution in [0.5, 0.6) is 0 Å². The van der Waals surface area contributed by atoms with E-state index in [4.69, 9.17) is 11.6 Å². The first-order chi connectivity index (χ1) is 5.33. The zero-order valence-electron chi connectivity index (χ0n) is 5.75. The van der Waals surface area contributed by atoms with E-state index in [-0.39, 0.29) is 0 Å². The summed E-state index contributed by atoms with van der Waals surface area (Å²) in [4.78, 5) is 9.99. The maximum atomic E-state index is 9.99. The van der Waals surface area contributed by atoms with Gasteiger partial charge in [0.25, 0.3) is 0 Å². The molecular weight excluding hydrogens is 200 g/mol. The van der Waals surface area contributed by atoms with Crippen LogP contribution in [0.1, 0.15) is 0 Å². The van der Waals surface area contributed by atoms with Gasteiger partial charge in [-0.3, -0.25) is 4.79 Å². The van der Waals surface area contributed by atoms with E-state index in [9.17, 15) is 4.79 Å². The van der Waals surface area contributed by atoms with Crippen molar-refractivity contribution < 1.29 is 4.79 Å². The van der Waals surface area contributed by atoms with Crippen molar-refractivity contribution in [3.05, 3.63) is 21.4 Å². The summed E-state index contributed by atoms with van der Waals surface area (Å²) in [5.74, 6) is 2.28. The molecule has 0 unspecified atom stereocenters. The molecule has 0 bridgehead atoms. The third-order valence-electron chi connectivity index (χ3n) is 1.05. The van der Waals surface area contributed by atoms with Crippen LogP contribution >= 0.6 is 35.1 Å². The molecule has 0 saturated carbocycles. The van der Waals surface area contributed by atoms with Crippen molar-refractivity contribution in [1.82, 2.24) is 0 Å². The van der Waals surface area contributed by atoms with Gasteiger partial charge < -0.3 is 0 Å².